The Morgan fingerprint density at radius 2 is 1.93 bits per heavy atom. The summed E-state index contributed by atoms with van der Waals surface area (Å²) in [6.07, 6.45) is 0.304. The molecular weight excluding hydrogens is 393 g/mol. The molecule has 0 radical (unpaired) electrons. The van der Waals surface area contributed by atoms with Crippen molar-refractivity contribution in [3.05, 3.63) is 69.4 Å². The zero-order valence-corrected chi connectivity index (χ0v) is 15.4. The zero-order chi connectivity index (χ0) is 18.8. The van der Waals surface area contributed by atoms with Gasteiger partial charge in [-0.15, -0.1) is 10.2 Å². The van der Waals surface area contributed by atoms with Crippen molar-refractivity contribution in [3.63, 3.8) is 0 Å². The maximum absolute atomic E-state index is 12.2. The molecule has 1 aromatic heterocycles. The molecule has 7 nitrogen and oxygen atoms in total. The van der Waals surface area contributed by atoms with Gasteiger partial charge in [0, 0.05) is 16.6 Å². The molecule has 2 aromatic carbocycles. The van der Waals surface area contributed by atoms with Crippen molar-refractivity contribution in [1.82, 2.24) is 15.5 Å². The van der Waals surface area contributed by atoms with Gasteiger partial charge in [0.1, 0.15) is 0 Å². The number of fused-ring (bicyclic) bond motifs is 1. The van der Waals surface area contributed by atoms with E-state index in [-0.39, 0.29) is 25.1 Å². The van der Waals surface area contributed by atoms with Gasteiger partial charge in [0.25, 0.3) is 0 Å². The van der Waals surface area contributed by atoms with Crippen LogP contribution in [-0.2, 0) is 13.0 Å². The van der Waals surface area contributed by atoms with Gasteiger partial charge in [0.2, 0.25) is 12.7 Å². The number of nitrogens with one attached hydrogen (secondary N) is 1. The second-order valence-corrected chi connectivity index (χ2v) is 6.63. The van der Waals surface area contributed by atoms with Crippen LogP contribution in [0, 0.1) is 0 Å². The van der Waals surface area contributed by atoms with Crippen LogP contribution in [0.4, 0.5) is 0 Å². The fraction of sp³-hybridized carbons (Fsp3) is 0.167. The fourth-order valence-electron chi connectivity index (χ4n) is 2.55. The minimum atomic E-state index is -0.464. The third-order valence-corrected chi connectivity index (χ3v) is 4.49. The van der Waals surface area contributed by atoms with Gasteiger partial charge in [0.15, 0.2) is 11.5 Å². The molecule has 4 rings (SSSR count). The van der Waals surface area contributed by atoms with E-state index in [1.165, 1.54) is 0 Å². The minimum Gasteiger partial charge on any atom is -0.454 e. The van der Waals surface area contributed by atoms with E-state index < -0.39 is 5.91 Å². The van der Waals surface area contributed by atoms with Crippen LogP contribution in [0.25, 0.3) is 0 Å². The maximum atomic E-state index is 12.2. The third-order valence-electron chi connectivity index (χ3n) is 3.91. The normalized spacial score (nSPS) is 12.2. The number of aromatic nitrogens is 2. The van der Waals surface area contributed by atoms with Crippen LogP contribution in [0.5, 0.6) is 11.5 Å². The lowest BCUT2D eigenvalue weighted by Gasteiger charge is -2.04. The number of halogens is 2. The lowest BCUT2D eigenvalue weighted by atomic mass is 10.1. The highest BCUT2D eigenvalue weighted by Crippen LogP contribution is 2.32. The first-order valence-electron chi connectivity index (χ1n) is 8.01. The molecule has 9 heteroatoms. The standard InChI is InChI=1S/C18H13Cl2N3O4/c19-12-3-2-11(13(20)7-12)6-16-22-23-18(27-16)17(24)21-8-10-1-4-14-15(5-10)26-9-25-14/h1-5,7H,6,8-9H2,(H,21,24). The number of amides is 1. The second kappa shape index (κ2) is 7.46. The summed E-state index contributed by atoms with van der Waals surface area (Å²) < 4.78 is 16.0. The van der Waals surface area contributed by atoms with Gasteiger partial charge in [-0.25, -0.2) is 0 Å². The summed E-state index contributed by atoms with van der Waals surface area (Å²) in [5.41, 5.74) is 1.64. The number of carbonyl (C=O) groups is 1. The Balaban J connectivity index is 1.38. The molecular formula is C18H13Cl2N3O4. The van der Waals surface area contributed by atoms with Gasteiger partial charge in [-0.05, 0) is 35.4 Å². The molecule has 1 amide bonds. The largest absolute Gasteiger partial charge is 0.454 e. The molecule has 0 unspecified atom stereocenters. The van der Waals surface area contributed by atoms with Crippen molar-refractivity contribution in [2.45, 2.75) is 13.0 Å². The highest BCUT2D eigenvalue weighted by molar-refractivity contribution is 6.35. The number of hydrogen-bond donors (Lipinski definition) is 1. The third kappa shape index (κ3) is 3.99. The summed E-state index contributed by atoms with van der Waals surface area (Å²) in [5.74, 6) is 1.05. The molecule has 1 aliphatic heterocycles. The van der Waals surface area contributed by atoms with E-state index in [2.05, 4.69) is 15.5 Å². The molecule has 0 saturated heterocycles. The zero-order valence-electron chi connectivity index (χ0n) is 13.9. The summed E-state index contributed by atoms with van der Waals surface area (Å²) in [6.45, 7) is 0.490. The predicted molar refractivity (Wildman–Crippen MR) is 97.3 cm³/mol. The molecule has 27 heavy (non-hydrogen) atoms. The number of carbonyl (C=O) groups excluding carboxylic acids is 1. The van der Waals surface area contributed by atoms with Crippen LogP contribution < -0.4 is 14.8 Å². The summed E-state index contributed by atoms with van der Waals surface area (Å²) in [5, 5.41) is 11.4. The van der Waals surface area contributed by atoms with E-state index in [0.29, 0.717) is 28.0 Å². The lowest BCUT2D eigenvalue weighted by Crippen LogP contribution is -2.23. The molecule has 0 aliphatic carbocycles. The summed E-state index contributed by atoms with van der Waals surface area (Å²) >= 11 is 12.0. The number of hydrogen-bond acceptors (Lipinski definition) is 6. The quantitative estimate of drug-likeness (QED) is 0.697. The van der Waals surface area contributed by atoms with Gasteiger partial charge in [-0.3, -0.25) is 4.79 Å². The number of benzene rings is 2. The first kappa shape index (κ1) is 17.6. The molecule has 0 atom stereocenters. The van der Waals surface area contributed by atoms with Crippen molar-refractivity contribution in [1.29, 1.82) is 0 Å². The van der Waals surface area contributed by atoms with Crippen molar-refractivity contribution in [3.8, 4) is 11.5 Å². The van der Waals surface area contributed by atoms with Gasteiger partial charge >= 0.3 is 11.8 Å². The Kier molecular flexibility index (Phi) is 4.87. The molecule has 0 saturated carbocycles. The van der Waals surface area contributed by atoms with Gasteiger partial charge in [0.05, 0.1) is 6.42 Å². The summed E-state index contributed by atoms with van der Waals surface area (Å²) in [4.78, 5) is 12.2. The topological polar surface area (TPSA) is 86.5 Å². The number of nitrogens with zero attached hydrogens (tertiary/aromatic N) is 2. The Bertz CT molecular complexity index is 1010. The van der Waals surface area contributed by atoms with Crippen molar-refractivity contribution in [2.24, 2.45) is 0 Å². The monoisotopic (exact) mass is 405 g/mol. The second-order valence-electron chi connectivity index (χ2n) is 5.78. The Morgan fingerprint density at radius 1 is 1.07 bits per heavy atom. The number of ether oxygens (including phenoxy) is 2. The van der Waals surface area contributed by atoms with Gasteiger partial charge in [-0.1, -0.05) is 35.3 Å². The SMILES string of the molecule is O=C(NCc1ccc2c(c1)OCO2)c1nnc(Cc2ccc(Cl)cc2Cl)o1. The van der Waals surface area contributed by atoms with Crippen LogP contribution >= 0.6 is 23.2 Å². The maximum Gasteiger partial charge on any atom is 0.309 e. The lowest BCUT2D eigenvalue weighted by molar-refractivity contribution is 0.0914. The van der Waals surface area contributed by atoms with E-state index in [9.17, 15) is 4.79 Å². The predicted octanol–water partition coefficient (Wildman–Crippen LogP) is 3.63. The highest BCUT2D eigenvalue weighted by atomic mass is 35.5. The Hall–Kier alpha value is -2.77. The van der Waals surface area contributed by atoms with Crippen LogP contribution in [0.3, 0.4) is 0 Å². The van der Waals surface area contributed by atoms with E-state index in [1.807, 2.05) is 12.1 Å². The average molecular weight is 406 g/mol. The molecule has 0 spiro atoms. The van der Waals surface area contributed by atoms with E-state index in [0.717, 1.165) is 11.1 Å². The van der Waals surface area contributed by atoms with Crippen LogP contribution in [-0.4, -0.2) is 22.9 Å². The van der Waals surface area contributed by atoms with Crippen LogP contribution in [0.2, 0.25) is 10.0 Å². The van der Waals surface area contributed by atoms with Gasteiger partial charge < -0.3 is 19.2 Å². The smallest absolute Gasteiger partial charge is 0.309 e. The fourth-order valence-corrected chi connectivity index (χ4v) is 3.03. The van der Waals surface area contributed by atoms with E-state index in [4.69, 9.17) is 37.1 Å². The van der Waals surface area contributed by atoms with Gasteiger partial charge in [-0.2, -0.15) is 0 Å². The molecule has 2 heterocycles. The first-order chi connectivity index (χ1) is 13.1. The Labute approximate surface area is 164 Å². The average Bonchev–Trinajstić information content (AvgIpc) is 3.31. The summed E-state index contributed by atoms with van der Waals surface area (Å²) in [7, 11) is 0. The number of rotatable bonds is 5. The van der Waals surface area contributed by atoms with Crippen molar-refractivity contribution in [2.75, 3.05) is 6.79 Å². The van der Waals surface area contributed by atoms with E-state index >= 15 is 0 Å². The molecule has 0 fully saturated rings. The molecule has 0 bridgehead atoms. The van der Waals surface area contributed by atoms with Crippen molar-refractivity contribution < 1.29 is 18.7 Å². The Morgan fingerprint density at radius 3 is 2.78 bits per heavy atom. The van der Waals surface area contributed by atoms with Crippen LogP contribution in [0.15, 0.2) is 40.8 Å². The molecule has 1 N–H and O–H groups in total. The summed E-state index contributed by atoms with van der Waals surface area (Å²) in [6, 6.07) is 10.6. The van der Waals surface area contributed by atoms with E-state index in [1.54, 1.807) is 24.3 Å². The minimum absolute atomic E-state index is 0.115. The highest BCUT2D eigenvalue weighted by Gasteiger charge is 2.17. The first-order valence-corrected chi connectivity index (χ1v) is 8.77. The molecule has 138 valence electrons. The molecule has 3 aromatic rings. The molecule has 1 aliphatic rings. The van der Waals surface area contributed by atoms with Crippen molar-refractivity contribution >= 4 is 29.1 Å². The van der Waals surface area contributed by atoms with Crippen LogP contribution in [0.1, 0.15) is 27.7 Å².